The van der Waals surface area contributed by atoms with Gasteiger partial charge in [0.25, 0.3) is 5.91 Å². The van der Waals surface area contributed by atoms with Crippen LogP contribution in [-0.4, -0.2) is 44.5 Å². The number of likely N-dealkylation sites (tertiary alicyclic amines) is 1. The number of carbonyl (C=O) groups excluding carboxylic acids is 2. The van der Waals surface area contributed by atoms with Crippen LogP contribution in [0.4, 0.5) is 5.69 Å². The van der Waals surface area contributed by atoms with Gasteiger partial charge < -0.3 is 10.2 Å². The maximum atomic E-state index is 12.9. The van der Waals surface area contributed by atoms with Gasteiger partial charge in [-0.15, -0.1) is 0 Å². The summed E-state index contributed by atoms with van der Waals surface area (Å²) in [6.45, 7) is 5.26. The topological polar surface area (TPSA) is 83.6 Å². The lowest BCUT2D eigenvalue weighted by Gasteiger charge is -2.32. The molecule has 1 aliphatic rings. The van der Waals surface area contributed by atoms with Gasteiger partial charge >= 0.3 is 0 Å². The van der Waals surface area contributed by atoms with Gasteiger partial charge in [0.15, 0.2) is 9.84 Å². The third-order valence-corrected chi connectivity index (χ3v) is 7.92. The Morgan fingerprint density at radius 1 is 0.944 bits per heavy atom. The van der Waals surface area contributed by atoms with Crippen LogP contribution in [0.2, 0.25) is 0 Å². The molecule has 0 radical (unpaired) electrons. The minimum absolute atomic E-state index is 0.0387. The molecule has 0 saturated carbocycles. The highest BCUT2D eigenvalue weighted by Gasteiger charge is 2.25. The largest absolute Gasteiger partial charge is 0.339 e. The van der Waals surface area contributed by atoms with Gasteiger partial charge in [0, 0.05) is 30.6 Å². The molecule has 0 aliphatic carbocycles. The lowest BCUT2D eigenvalue weighted by molar-refractivity contribution is -0.115. The molecule has 3 aromatic carbocycles. The number of rotatable bonds is 6. The van der Waals surface area contributed by atoms with Crippen LogP contribution in [0.25, 0.3) is 0 Å². The first kappa shape index (κ1) is 25.6. The molecule has 0 aromatic heterocycles. The van der Waals surface area contributed by atoms with Crippen molar-refractivity contribution in [1.29, 1.82) is 0 Å². The van der Waals surface area contributed by atoms with Crippen molar-refractivity contribution in [1.82, 2.24) is 4.90 Å². The van der Waals surface area contributed by atoms with Gasteiger partial charge in [-0.25, -0.2) is 8.42 Å². The summed E-state index contributed by atoms with van der Waals surface area (Å²) in [5, 5.41) is 2.99. The van der Waals surface area contributed by atoms with Crippen LogP contribution < -0.4 is 5.32 Å². The van der Waals surface area contributed by atoms with E-state index < -0.39 is 9.84 Å². The Kier molecular flexibility index (Phi) is 7.59. The number of hydrogen-bond donors (Lipinski definition) is 1. The zero-order chi connectivity index (χ0) is 25.9. The second kappa shape index (κ2) is 10.7. The van der Waals surface area contributed by atoms with Crippen molar-refractivity contribution in [2.75, 3.05) is 24.7 Å². The quantitative estimate of drug-likeness (QED) is 0.517. The zero-order valence-corrected chi connectivity index (χ0v) is 21.8. The Labute approximate surface area is 213 Å². The van der Waals surface area contributed by atoms with E-state index in [-0.39, 0.29) is 16.7 Å². The predicted molar refractivity (Wildman–Crippen MR) is 142 cm³/mol. The summed E-state index contributed by atoms with van der Waals surface area (Å²) in [7, 11) is -3.36. The van der Waals surface area contributed by atoms with E-state index in [1.165, 1.54) is 17.7 Å². The number of carbonyl (C=O) groups is 2. The monoisotopic (exact) mass is 504 g/mol. The average Bonchev–Trinajstić information content (AvgIpc) is 2.86. The van der Waals surface area contributed by atoms with Crippen LogP contribution in [0.3, 0.4) is 0 Å². The van der Waals surface area contributed by atoms with Gasteiger partial charge in [-0.3, -0.25) is 9.59 Å². The van der Waals surface area contributed by atoms with E-state index in [0.717, 1.165) is 41.5 Å². The fraction of sp³-hybridized carbons (Fsp3) is 0.310. The van der Waals surface area contributed by atoms with Crippen molar-refractivity contribution in [2.24, 2.45) is 0 Å². The Morgan fingerprint density at radius 3 is 2.31 bits per heavy atom. The van der Waals surface area contributed by atoms with Crippen LogP contribution in [0.1, 0.15) is 51.4 Å². The molecule has 0 spiro atoms. The minimum Gasteiger partial charge on any atom is -0.339 e. The van der Waals surface area contributed by atoms with Crippen LogP contribution >= 0.6 is 0 Å². The summed E-state index contributed by atoms with van der Waals surface area (Å²) >= 11 is 0. The summed E-state index contributed by atoms with van der Waals surface area (Å²) in [6, 6.07) is 20.3. The Hall–Kier alpha value is -3.45. The summed E-state index contributed by atoms with van der Waals surface area (Å²) in [5.74, 6) is 0.153. The first-order chi connectivity index (χ1) is 17.1. The number of nitrogens with one attached hydrogen (secondary N) is 1. The molecule has 1 saturated heterocycles. The van der Waals surface area contributed by atoms with E-state index in [0.29, 0.717) is 31.0 Å². The molecular weight excluding hydrogens is 472 g/mol. The van der Waals surface area contributed by atoms with Crippen LogP contribution in [0.5, 0.6) is 0 Å². The molecule has 1 N–H and O–H groups in total. The third kappa shape index (κ3) is 6.21. The van der Waals surface area contributed by atoms with E-state index in [1.54, 1.807) is 17.0 Å². The Morgan fingerprint density at radius 2 is 1.64 bits per heavy atom. The average molecular weight is 505 g/mol. The van der Waals surface area contributed by atoms with E-state index in [9.17, 15) is 18.0 Å². The molecule has 7 heteroatoms. The number of anilines is 1. The fourth-order valence-electron chi connectivity index (χ4n) is 4.67. The molecule has 0 unspecified atom stereocenters. The van der Waals surface area contributed by atoms with E-state index in [1.807, 2.05) is 50.2 Å². The van der Waals surface area contributed by atoms with Crippen molar-refractivity contribution in [3.63, 3.8) is 0 Å². The first-order valence-electron chi connectivity index (χ1n) is 12.2. The second-order valence-corrected chi connectivity index (χ2v) is 11.7. The summed E-state index contributed by atoms with van der Waals surface area (Å²) in [5.41, 5.74) is 5.65. The predicted octanol–water partition coefficient (Wildman–Crippen LogP) is 4.91. The third-order valence-electron chi connectivity index (χ3n) is 6.81. The van der Waals surface area contributed by atoms with Crippen molar-refractivity contribution < 1.29 is 18.0 Å². The van der Waals surface area contributed by atoms with Gasteiger partial charge in [-0.05, 0) is 79.6 Å². The molecule has 36 heavy (non-hydrogen) atoms. The van der Waals surface area contributed by atoms with Gasteiger partial charge in [-0.1, -0.05) is 42.0 Å². The first-order valence-corrected chi connectivity index (χ1v) is 14.0. The van der Waals surface area contributed by atoms with Crippen molar-refractivity contribution >= 4 is 27.3 Å². The molecule has 188 valence electrons. The van der Waals surface area contributed by atoms with E-state index >= 15 is 0 Å². The highest BCUT2D eigenvalue weighted by Crippen LogP contribution is 2.30. The summed E-state index contributed by atoms with van der Waals surface area (Å²) in [4.78, 5) is 27.4. The number of aryl methyl sites for hydroxylation is 2. The maximum Gasteiger partial charge on any atom is 0.253 e. The van der Waals surface area contributed by atoms with Gasteiger partial charge in [0.05, 0.1) is 11.3 Å². The molecular formula is C29H32N2O4S. The number of amides is 2. The van der Waals surface area contributed by atoms with E-state index in [2.05, 4.69) is 11.4 Å². The molecule has 2 amide bonds. The highest BCUT2D eigenvalue weighted by atomic mass is 32.2. The Balaban J connectivity index is 1.32. The van der Waals surface area contributed by atoms with Crippen LogP contribution in [-0.2, 0) is 21.1 Å². The smallest absolute Gasteiger partial charge is 0.253 e. The second-order valence-electron chi connectivity index (χ2n) is 9.64. The number of hydrogen-bond acceptors (Lipinski definition) is 4. The molecule has 1 heterocycles. The summed E-state index contributed by atoms with van der Waals surface area (Å²) in [6.07, 6.45) is 3.14. The van der Waals surface area contributed by atoms with E-state index in [4.69, 9.17) is 0 Å². The zero-order valence-electron chi connectivity index (χ0n) is 21.0. The lowest BCUT2D eigenvalue weighted by atomic mass is 9.89. The van der Waals surface area contributed by atoms with Crippen molar-refractivity contribution in [3.05, 3.63) is 94.5 Å². The molecule has 0 atom stereocenters. The van der Waals surface area contributed by atoms with Crippen LogP contribution in [0, 0.1) is 13.8 Å². The Bertz CT molecular complexity index is 1370. The fourth-order valence-corrected chi connectivity index (χ4v) is 5.33. The van der Waals surface area contributed by atoms with Crippen molar-refractivity contribution in [3.8, 4) is 0 Å². The molecule has 3 aromatic rings. The number of piperidine rings is 1. The van der Waals surface area contributed by atoms with Gasteiger partial charge in [0.2, 0.25) is 5.91 Å². The number of benzene rings is 3. The number of sulfone groups is 1. The standard InChI is InChI=1S/C29H32N2O4S/c1-20-7-8-21(2)25(17-20)19-28(32)30-26-11-9-22(10-12-26)23-13-15-31(16-14-23)29(33)24-5-4-6-27(18-24)36(3,34)35/h4-12,17-18,23H,13-16,19H2,1-3H3,(H,30,32). The minimum atomic E-state index is -3.36. The molecule has 4 rings (SSSR count). The van der Waals surface area contributed by atoms with Gasteiger partial charge in [0.1, 0.15) is 0 Å². The molecule has 1 fully saturated rings. The molecule has 1 aliphatic heterocycles. The SMILES string of the molecule is Cc1ccc(C)c(CC(=O)Nc2ccc(C3CCN(C(=O)c4cccc(S(C)(=O)=O)c4)CC3)cc2)c1. The summed E-state index contributed by atoms with van der Waals surface area (Å²) < 4.78 is 23.7. The normalized spacial score (nSPS) is 14.5. The molecule has 6 nitrogen and oxygen atoms in total. The van der Waals surface area contributed by atoms with Gasteiger partial charge in [-0.2, -0.15) is 0 Å². The van der Waals surface area contributed by atoms with Crippen molar-refractivity contribution in [2.45, 2.75) is 43.9 Å². The maximum absolute atomic E-state index is 12.9. The lowest BCUT2D eigenvalue weighted by Crippen LogP contribution is -2.38. The van der Waals surface area contributed by atoms with Crippen LogP contribution in [0.15, 0.2) is 71.6 Å². The molecule has 0 bridgehead atoms. The highest BCUT2D eigenvalue weighted by molar-refractivity contribution is 7.90. The number of nitrogens with zero attached hydrogens (tertiary/aromatic N) is 1.